The zero-order valence-corrected chi connectivity index (χ0v) is 80.0. The predicted octanol–water partition coefficient (Wildman–Crippen LogP) is 28.8. The third kappa shape index (κ3) is 14.1. The first-order valence-electron chi connectivity index (χ1n) is 52.2. The van der Waals surface area contributed by atoms with Crippen LogP contribution in [0.2, 0.25) is 0 Å². The first-order valence-corrected chi connectivity index (χ1v) is 46.2. The Morgan fingerprint density at radius 2 is 0.500 bits per heavy atom. The molecule has 20 aromatic rings. The second-order valence-electron chi connectivity index (χ2n) is 36.6. The lowest BCUT2D eigenvalue weighted by Gasteiger charge is -2.33. The van der Waals surface area contributed by atoms with Gasteiger partial charge in [0, 0.05) is 139 Å². The van der Waals surface area contributed by atoms with E-state index < -0.39 is 57.4 Å². The molecule has 686 valence electrons. The SMILES string of the molecule is [2H]C(C)(C)N1c2ccccc2N(c2c(C)ccc3c2oc2nc(C)ccc23)C1C.[2H]C(C)(C)N1c2cccnc2N(c2c(C)ccc3c2oc2nc(C)ccc23)C1C.[2H]C([2H])([2H])C([2H])(C)N1c2ccccc2N(c2c(C)ccc3c2oc2nc(C)ccc23)C1C.[2H]C([2H])([2H])N1c2ccccc2N(c2c(C)ccc3c2oc2nc(C)ccc23)C1C.[2H]C([2H])([2H])N1c2cccnc2N(c2c(C)ccc3c2oc2nc(C)ccc23)C1C. The van der Waals surface area contributed by atoms with Gasteiger partial charge in [0.05, 0.1) is 78.0 Å². The maximum Gasteiger partial charge on any atom is 0.227 e. The molecule has 22 heteroatoms. The van der Waals surface area contributed by atoms with Gasteiger partial charge in [-0.3, -0.25) is 0 Å². The number of fused-ring (bicyclic) bond motifs is 20. The highest BCUT2D eigenvalue weighted by Crippen LogP contribution is 2.56. The van der Waals surface area contributed by atoms with Gasteiger partial charge < -0.3 is 71.1 Å². The fourth-order valence-corrected chi connectivity index (χ4v) is 20.9. The zero-order valence-electron chi connectivity index (χ0n) is 92.0. The molecule has 0 spiro atoms. The van der Waals surface area contributed by atoms with Crippen LogP contribution in [0.4, 0.5) is 85.6 Å². The van der Waals surface area contributed by atoms with Gasteiger partial charge >= 0.3 is 0 Å². The molecule has 12 aromatic heterocycles. The minimum atomic E-state index is -2.49. The van der Waals surface area contributed by atoms with Crippen molar-refractivity contribution in [3.8, 4) is 0 Å². The largest absolute Gasteiger partial charge is 0.435 e. The maximum absolute atomic E-state index is 8.82. The van der Waals surface area contributed by atoms with E-state index in [1.807, 2.05) is 254 Å². The molecule has 17 heterocycles. The number of aromatic nitrogens is 7. The number of nitrogens with zero attached hydrogens (tertiary/aromatic N) is 17. The molecule has 22 nitrogen and oxygen atoms in total. The van der Waals surface area contributed by atoms with Crippen molar-refractivity contribution in [2.75, 3.05) is 63.0 Å². The monoisotopic (exact) mass is 1810 g/mol. The van der Waals surface area contributed by atoms with Gasteiger partial charge in [-0.1, -0.05) is 97.1 Å². The van der Waals surface area contributed by atoms with Gasteiger partial charge in [0.15, 0.2) is 39.6 Å². The van der Waals surface area contributed by atoms with E-state index in [2.05, 4.69) is 148 Å². The molecule has 5 aliphatic rings. The maximum atomic E-state index is 8.82. The summed E-state index contributed by atoms with van der Waals surface area (Å²) in [4.78, 5) is 51.5. The molecule has 0 amide bonds. The lowest BCUT2D eigenvalue weighted by molar-refractivity contribution is 0.601. The molecule has 6 atom stereocenters. The van der Waals surface area contributed by atoms with Crippen LogP contribution in [0.15, 0.2) is 253 Å². The quantitative estimate of drug-likeness (QED) is 0.140. The Morgan fingerprint density at radius 3 is 0.831 bits per heavy atom. The number of hydrogen-bond donors (Lipinski definition) is 0. The average molecular weight is 1820 g/mol. The smallest absolute Gasteiger partial charge is 0.227 e. The summed E-state index contributed by atoms with van der Waals surface area (Å²) in [6.07, 6.45) is 2.11. The first kappa shape index (κ1) is 74.3. The van der Waals surface area contributed by atoms with Gasteiger partial charge in [-0.15, -0.1) is 0 Å². The molecule has 136 heavy (non-hydrogen) atoms. The van der Waals surface area contributed by atoms with Crippen LogP contribution >= 0.6 is 0 Å². The molecule has 0 bridgehead atoms. The van der Waals surface area contributed by atoms with Crippen molar-refractivity contribution in [1.82, 2.24) is 34.9 Å². The fraction of sp³-hybridized carbons (Fsp3) is 0.272. The van der Waals surface area contributed by atoms with Crippen LogP contribution in [0, 0.1) is 69.2 Å². The van der Waals surface area contributed by atoms with E-state index in [0.717, 1.165) is 195 Å². The van der Waals surface area contributed by atoms with E-state index >= 15 is 0 Å². The molecule has 8 aromatic carbocycles. The van der Waals surface area contributed by atoms with E-state index in [1.165, 1.54) is 16.7 Å². The Kier molecular flexibility index (Phi) is 18.4. The summed E-state index contributed by atoms with van der Waals surface area (Å²) < 4.78 is 130. The van der Waals surface area contributed by atoms with Crippen LogP contribution in [0.5, 0.6) is 0 Å². The van der Waals surface area contributed by atoms with E-state index in [0.29, 0.717) is 56.9 Å². The van der Waals surface area contributed by atoms with Crippen molar-refractivity contribution < 1.29 is 38.5 Å². The lowest BCUT2D eigenvalue weighted by atomic mass is 10.1. The number of aryl methyl sites for hydroxylation is 10. The third-order valence-electron chi connectivity index (χ3n) is 27.1. The Bertz CT molecular complexity index is 7930. The molecule has 0 N–H and O–H groups in total. The molecule has 5 aliphatic heterocycles. The Morgan fingerprint density at radius 1 is 0.257 bits per heavy atom. The topological polar surface area (TPSA) is 188 Å². The summed E-state index contributed by atoms with van der Waals surface area (Å²) in [5.41, 5.74) is 28.0. The standard InChI is InChI=1S/2C24H25N3O.C23H24N4O.C22H21N3O.C21H20N4O/c2*1-14(2)26-17(5)27(21-9-7-6-8-20(21)26)22-15(3)10-12-18-19-13-11-16(4)25-24(19)28-23(18)22;1-13(2)26-16(5)27(22-19(26)7-6-12-24-22)20-14(3)8-10-17-18-11-9-15(4)25-23(18)28-21(17)20;1-13-9-11-16-17-12-10-14(2)23-22(17)26-21(16)20(13)25-15(3)24(4)18-7-5-6-8-19(18)25;1-12-7-9-15-16-10-8-13(2)23-21(16)26-19(15)18(12)25-14(3)24(4)17-6-5-11-22-20(17)25/h2*6-14,17H,1-5H3;6-13,16H,1-5H3;5-12,15H,1-4H3;5-11,14H,1-4H3/i1D3,14D;14D;13D;2*4D3. The molecule has 6 unspecified atom stereocenters. The molecular formula is C114H115N17O5. The van der Waals surface area contributed by atoms with Crippen molar-refractivity contribution >= 4 is 196 Å². The normalized spacial score (nSPS) is 18.8. The fourth-order valence-electron chi connectivity index (χ4n) is 20.9. The predicted molar refractivity (Wildman–Crippen MR) is 560 cm³/mol. The van der Waals surface area contributed by atoms with Crippen LogP contribution in [0.3, 0.4) is 0 Å². The number of benzene rings is 8. The van der Waals surface area contributed by atoms with Gasteiger partial charge in [-0.25, -0.2) is 34.9 Å². The third-order valence-corrected chi connectivity index (χ3v) is 27.1. The van der Waals surface area contributed by atoms with Crippen molar-refractivity contribution in [3.05, 3.63) is 287 Å². The summed E-state index contributed by atoms with van der Waals surface area (Å²) in [5.74, 6) is 1.46. The van der Waals surface area contributed by atoms with Crippen molar-refractivity contribution in [2.45, 2.75) is 194 Å². The minimum Gasteiger partial charge on any atom is -0.435 e. The highest BCUT2D eigenvalue weighted by Gasteiger charge is 2.43. The second kappa shape index (κ2) is 33.8. The lowest BCUT2D eigenvalue weighted by Crippen LogP contribution is -2.42. The summed E-state index contributed by atoms with van der Waals surface area (Å²) in [7, 11) is 0. The number of pyridine rings is 7. The highest BCUT2D eigenvalue weighted by molar-refractivity contribution is 6.15. The number of hydrogen-bond acceptors (Lipinski definition) is 22. The molecule has 0 saturated carbocycles. The Labute approximate surface area is 809 Å². The van der Waals surface area contributed by atoms with E-state index in [1.54, 1.807) is 29.4 Å². The van der Waals surface area contributed by atoms with Crippen molar-refractivity contribution in [3.63, 3.8) is 0 Å². The van der Waals surface area contributed by atoms with Crippen LogP contribution in [-0.2, 0) is 0 Å². The number of anilines is 15. The summed E-state index contributed by atoms with van der Waals surface area (Å²) in [5, 5.41) is 9.88. The van der Waals surface area contributed by atoms with Crippen LogP contribution < -0.4 is 49.0 Å². The van der Waals surface area contributed by atoms with Gasteiger partial charge in [-0.05, 0) is 294 Å². The molecular weight excluding hydrogens is 1690 g/mol. The molecule has 0 saturated heterocycles. The Hall–Kier alpha value is -15.2. The van der Waals surface area contributed by atoms with Gasteiger partial charge in [0.1, 0.15) is 30.8 Å². The second-order valence-corrected chi connectivity index (χ2v) is 36.6. The number of rotatable bonds is 8. The van der Waals surface area contributed by atoms with Crippen molar-refractivity contribution in [1.29, 1.82) is 0 Å². The molecule has 25 rings (SSSR count). The van der Waals surface area contributed by atoms with E-state index in [4.69, 9.17) is 43.5 Å². The molecule has 0 fully saturated rings. The van der Waals surface area contributed by atoms with Gasteiger partial charge in [0.2, 0.25) is 28.6 Å². The minimum absolute atomic E-state index is 0.0212. The van der Waals surface area contributed by atoms with Gasteiger partial charge in [0.25, 0.3) is 0 Å². The van der Waals surface area contributed by atoms with Gasteiger partial charge in [-0.2, -0.15) is 0 Å². The van der Waals surface area contributed by atoms with Crippen LogP contribution in [-0.4, -0.2) is 97.7 Å². The van der Waals surface area contributed by atoms with Crippen molar-refractivity contribution in [2.24, 2.45) is 0 Å². The molecule has 0 radical (unpaired) electrons. The average Bonchev–Trinajstić information content (AvgIpc) is 1.62. The summed E-state index contributed by atoms with van der Waals surface area (Å²) in [6, 6.07) is 68.6. The summed E-state index contributed by atoms with van der Waals surface area (Å²) >= 11 is 0. The summed E-state index contributed by atoms with van der Waals surface area (Å²) in [6.45, 7) is 32.1. The van der Waals surface area contributed by atoms with Crippen LogP contribution in [0.25, 0.3) is 110 Å². The molecule has 0 aliphatic carbocycles. The Balaban J connectivity index is 0.000000108. The highest BCUT2D eigenvalue weighted by atomic mass is 16.4. The number of furan rings is 5. The first-order chi connectivity index (χ1) is 70.1. The van der Waals surface area contributed by atoms with E-state index in [-0.39, 0.29) is 12.3 Å². The zero-order chi connectivity index (χ0) is 105. The van der Waals surface area contributed by atoms with Crippen LogP contribution in [0.1, 0.15) is 149 Å². The van der Waals surface area contributed by atoms with E-state index in [9.17, 15) is 0 Å². The number of para-hydroxylation sites is 6.